The first-order valence-electron chi connectivity index (χ1n) is 9.41. The summed E-state index contributed by atoms with van der Waals surface area (Å²) in [5.74, 6) is 0.256. The second-order valence-corrected chi connectivity index (χ2v) is 7.49. The molecule has 0 unspecified atom stereocenters. The van der Waals surface area contributed by atoms with Crippen molar-refractivity contribution in [2.75, 3.05) is 0 Å². The molecule has 0 bridgehead atoms. The van der Waals surface area contributed by atoms with Gasteiger partial charge in [-0.2, -0.15) is 5.10 Å². The van der Waals surface area contributed by atoms with Crippen molar-refractivity contribution in [3.8, 4) is 16.9 Å². The molecule has 0 spiro atoms. The third-order valence-electron chi connectivity index (χ3n) is 4.96. The van der Waals surface area contributed by atoms with Gasteiger partial charge < -0.3 is 5.32 Å². The number of benzene rings is 2. The molecule has 1 aromatic heterocycles. The van der Waals surface area contributed by atoms with Gasteiger partial charge in [-0.3, -0.25) is 4.79 Å². The van der Waals surface area contributed by atoms with Crippen molar-refractivity contribution in [3.63, 3.8) is 0 Å². The van der Waals surface area contributed by atoms with Gasteiger partial charge in [0.1, 0.15) is 5.69 Å². The summed E-state index contributed by atoms with van der Waals surface area (Å²) in [5.41, 5.74) is 5.48. The lowest BCUT2D eigenvalue weighted by Crippen LogP contribution is -2.37. The van der Waals surface area contributed by atoms with Gasteiger partial charge in [-0.05, 0) is 49.9 Å². The summed E-state index contributed by atoms with van der Waals surface area (Å²) in [4.78, 5) is 13.0. The van der Waals surface area contributed by atoms with E-state index < -0.39 is 0 Å². The Morgan fingerprint density at radius 2 is 1.70 bits per heavy atom. The molecule has 1 atom stereocenters. The van der Waals surface area contributed by atoms with Crippen molar-refractivity contribution in [3.05, 3.63) is 71.4 Å². The Labute approximate surface area is 161 Å². The van der Waals surface area contributed by atoms with Gasteiger partial charge in [-0.15, -0.1) is 0 Å². The van der Waals surface area contributed by atoms with Crippen LogP contribution in [0.5, 0.6) is 0 Å². The zero-order valence-electron chi connectivity index (χ0n) is 16.7. The van der Waals surface area contributed by atoms with Gasteiger partial charge in [0, 0.05) is 11.6 Å². The molecule has 0 fully saturated rings. The Kier molecular flexibility index (Phi) is 5.45. The molecule has 0 aliphatic rings. The molecule has 27 heavy (non-hydrogen) atoms. The quantitative estimate of drug-likeness (QED) is 0.700. The fraction of sp³-hybridized carbons (Fsp3) is 0.304. The van der Waals surface area contributed by atoms with Crippen LogP contribution in [0.1, 0.15) is 42.4 Å². The largest absolute Gasteiger partial charge is 0.348 e. The summed E-state index contributed by atoms with van der Waals surface area (Å²) >= 11 is 0. The standard InChI is InChI=1S/C23H27N3O/c1-15(2)18(5)24-23(27)22-14-20(19-9-7-6-8-10-19)25-26(22)21-13-16(3)11-12-17(21)4/h6-15,18H,1-5H3,(H,24,27)/t18-/m1/s1. The molecule has 3 aromatic rings. The average molecular weight is 361 g/mol. The number of amides is 1. The van der Waals surface area contributed by atoms with Crippen LogP contribution < -0.4 is 5.32 Å². The van der Waals surface area contributed by atoms with Crippen molar-refractivity contribution in [2.24, 2.45) is 5.92 Å². The van der Waals surface area contributed by atoms with Crippen LogP contribution in [0.4, 0.5) is 0 Å². The van der Waals surface area contributed by atoms with Crippen LogP contribution in [0.15, 0.2) is 54.6 Å². The van der Waals surface area contributed by atoms with Gasteiger partial charge in [-0.25, -0.2) is 4.68 Å². The van der Waals surface area contributed by atoms with E-state index >= 15 is 0 Å². The average Bonchev–Trinajstić information content (AvgIpc) is 3.09. The number of aromatic nitrogens is 2. The van der Waals surface area contributed by atoms with E-state index in [0.717, 1.165) is 28.1 Å². The summed E-state index contributed by atoms with van der Waals surface area (Å²) in [7, 11) is 0. The molecule has 0 radical (unpaired) electrons. The molecular weight excluding hydrogens is 334 g/mol. The number of rotatable bonds is 5. The number of hydrogen-bond donors (Lipinski definition) is 1. The molecule has 0 saturated carbocycles. The van der Waals surface area contributed by atoms with E-state index in [2.05, 4.69) is 37.4 Å². The van der Waals surface area contributed by atoms with Crippen LogP contribution in [0.2, 0.25) is 0 Å². The van der Waals surface area contributed by atoms with E-state index in [9.17, 15) is 4.79 Å². The first-order valence-corrected chi connectivity index (χ1v) is 9.41. The van der Waals surface area contributed by atoms with E-state index in [1.807, 2.05) is 57.2 Å². The molecule has 0 saturated heterocycles. The van der Waals surface area contributed by atoms with Gasteiger partial charge in [-0.1, -0.05) is 56.3 Å². The Morgan fingerprint density at radius 3 is 2.37 bits per heavy atom. The zero-order chi connectivity index (χ0) is 19.6. The first-order chi connectivity index (χ1) is 12.9. The summed E-state index contributed by atoms with van der Waals surface area (Å²) in [6.45, 7) is 10.3. The number of carbonyl (C=O) groups excluding carboxylic acids is 1. The van der Waals surface area contributed by atoms with Crippen molar-refractivity contribution in [1.29, 1.82) is 0 Å². The minimum absolute atomic E-state index is 0.0830. The lowest BCUT2D eigenvalue weighted by atomic mass is 10.1. The highest BCUT2D eigenvalue weighted by Crippen LogP contribution is 2.24. The highest BCUT2D eigenvalue weighted by Gasteiger charge is 2.21. The van der Waals surface area contributed by atoms with Crippen molar-refractivity contribution < 1.29 is 4.79 Å². The Balaban J connectivity index is 2.11. The third-order valence-corrected chi connectivity index (χ3v) is 4.96. The lowest BCUT2D eigenvalue weighted by Gasteiger charge is -2.18. The van der Waals surface area contributed by atoms with E-state index in [-0.39, 0.29) is 11.9 Å². The van der Waals surface area contributed by atoms with Crippen molar-refractivity contribution >= 4 is 5.91 Å². The fourth-order valence-corrected chi connectivity index (χ4v) is 2.87. The second kappa shape index (κ2) is 7.78. The molecule has 1 amide bonds. The number of carbonyl (C=O) groups is 1. The summed E-state index contributed by atoms with van der Waals surface area (Å²) < 4.78 is 1.77. The highest BCUT2D eigenvalue weighted by atomic mass is 16.2. The molecular formula is C23H27N3O. The smallest absolute Gasteiger partial charge is 0.270 e. The van der Waals surface area contributed by atoms with E-state index in [4.69, 9.17) is 5.10 Å². The van der Waals surface area contributed by atoms with Gasteiger partial charge in [0.25, 0.3) is 5.91 Å². The maximum atomic E-state index is 13.0. The van der Waals surface area contributed by atoms with Crippen LogP contribution >= 0.6 is 0 Å². The lowest BCUT2D eigenvalue weighted by molar-refractivity contribution is 0.0922. The minimum Gasteiger partial charge on any atom is -0.348 e. The number of nitrogens with one attached hydrogen (secondary N) is 1. The topological polar surface area (TPSA) is 46.9 Å². The van der Waals surface area contributed by atoms with Gasteiger partial charge >= 0.3 is 0 Å². The number of aryl methyl sites for hydroxylation is 2. The molecule has 140 valence electrons. The molecule has 1 heterocycles. The predicted octanol–water partition coefficient (Wildman–Crippen LogP) is 4.93. The molecule has 2 aromatic carbocycles. The Hall–Kier alpha value is -2.88. The van der Waals surface area contributed by atoms with Crippen LogP contribution in [0.3, 0.4) is 0 Å². The summed E-state index contributed by atoms with van der Waals surface area (Å²) in [6, 6.07) is 18.1. The number of hydrogen-bond acceptors (Lipinski definition) is 2. The van der Waals surface area contributed by atoms with Crippen LogP contribution in [0.25, 0.3) is 16.9 Å². The fourth-order valence-electron chi connectivity index (χ4n) is 2.87. The summed E-state index contributed by atoms with van der Waals surface area (Å²) in [5, 5.41) is 7.89. The maximum Gasteiger partial charge on any atom is 0.270 e. The van der Waals surface area contributed by atoms with Gasteiger partial charge in [0.2, 0.25) is 0 Å². The van der Waals surface area contributed by atoms with Crippen molar-refractivity contribution in [2.45, 2.75) is 40.7 Å². The molecule has 0 aliphatic heterocycles. The van der Waals surface area contributed by atoms with E-state index in [0.29, 0.717) is 11.6 Å². The molecule has 1 N–H and O–H groups in total. The van der Waals surface area contributed by atoms with E-state index in [1.165, 1.54) is 0 Å². The van der Waals surface area contributed by atoms with Crippen molar-refractivity contribution in [1.82, 2.24) is 15.1 Å². The molecule has 4 nitrogen and oxygen atoms in total. The Morgan fingerprint density at radius 1 is 1.00 bits per heavy atom. The molecule has 4 heteroatoms. The second-order valence-electron chi connectivity index (χ2n) is 7.49. The predicted molar refractivity (Wildman–Crippen MR) is 110 cm³/mol. The van der Waals surface area contributed by atoms with Crippen LogP contribution in [-0.2, 0) is 0 Å². The third kappa shape index (κ3) is 4.11. The first kappa shape index (κ1) is 18.9. The number of nitrogens with zero attached hydrogens (tertiary/aromatic N) is 2. The SMILES string of the molecule is Cc1ccc(C)c(-n2nc(-c3ccccc3)cc2C(=O)N[C@H](C)C(C)C)c1. The normalized spacial score (nSPS) is 12.2. The monoisotopic (exact) mass is 361 g/mol. The highest BCUT2D eigenvalue weighted by molar-refractivity contribution is 5.94. The molecule has 3 rings (SSSR count). The van der Waals surface area contributed by atoms with Gasteiger partial charge in [0.15, 0.2) is 0 Å². The van der Waals surface area contributed by atoms with E-state index in [1.54, 1.807) is 4.68 Å². The van der Waals surface area contributed by atoms with Gasteiger partial charge in [0.05, 0.1) is 11.4 Å². The molecule has 0 aliphatic carbocycles. The van der Waals surface area contributed by atoms with Crippen LogP contribution in [0, 0.1) is 19.8 Å². The Bertz CT molecular complexity index is 942. The zero-order valence-corrected chi connectivity index (χ0v) is 16.7. The minimum atomic E-state index is -0.105. The summed E-state index contributed by atoms with van der Waals surface area (Å²) in [6.07, 6.45) is 0. The van der Waals surface area contributed by atoms with Crippen LogP contribution in [-0.4, -0.2) is 21.7 Å². The maximum absolute atomic E-state index is 13.0.